The van der Waals surface area contributed by atoms with Crippen molar-refractivity contribution >= 4 is 5.96 Å². The van der Waals surface area contributed by atoms with Crippen molar-refractivity contribution in [3.8, 4) is 11.4 Å². The van der Waals surface area contributed by atoms with Gasteiger partial charge in [0.25, 0.3) is 0 Å². The van der Waals surface area contributed by atoms with E-state index in [1.807, 2.05) is 19.2 Å². The van der Waals surface area contributed by atoms with E-state index in [-0.39, 0.29) is 0 Å². The van der Waals surface area contributed by atoms with E-state index in [0.717, 1.165) is 56.4 Å². The Morgan fingerprint density at radius 2 is 2.17 bits per heavy atom. The molecule has 8 heteroatoms. The fraction of sp³-hybridized carbons (Fsp3) is 0.571. The van der Waals surface area contributed by atoms with E-state index in [4.69, 9.17) is 4.74 Å². The van der Waals surface area contributed by atoms with Crippen LogP contribution in [0.4, 0.5) is 0 Å². The molecule has 0 spiro atoms. The van der Waals surface area contributed by atoms with Crippen LogP contribution in [0.1, 0.15) is 32.3 Å². The van der Waals surface area contributed by atoms with Gasteiger partial charge in [-0.2, -0.15) is 5.10 Å². The van der Waals surface area contributed by atoms with Crippen molar-refractivity contribution in [2.45, 2.75) is 45.4 Å². The first-order chi connectivity index (χ1) is 14.1. The number of hydrogen-bond acceptors (Lipinski definition) is 5. The maximum atomic E-state index is 5.66. The maximum Gasteiger partial charge on any atom is 0.191 e. The van der Waals surface area contributed by atoms with Crippen molar-refractivity contribution in [1.82, 2.24) is 30.7 Å². The SMILES string of the molecule is CN=C(NCc1cccc(-c2ncn[nH]2)c1)NC1CCN(CCOC(C)C)CC1. The van der Waals surface area contributed by atoms with E-state index in [0.29, 0.717) is 18.7 Å². The molecule has 29 heavy (non-hydrogen) atoms. The van der Waals surface area contributed by atoms with Gasteiger partial charge in [0.15, 0.2) is 11.8 Å². The largest absolute Gasteiger partial charge is 0.377 e. The fourth-order valence-corrected chi connectivity index (χ4v) is 3.47. The van der Waals surface area contributed by atoms with Gasteiger partial charge in [-0.05, 0) is 38.3 Å². The van der Waals surface area contributed by atoms with Crippen LogP contribution < -0.4 is 10.6 Å². The standard InChI is InChI=1S/C21H33N7O/c1-16(2)29-12-11-28-9-7-19(8-10-28)26-21(22-3)23-14-17-5-4-6-18(13-17)20-24-15-25-27-20/h4-6,13,15-16,19H,7-12,14H2,1-3H3,(H2,22,23,26)(H,24,25,27). The third-order valence-corrected chi connectivity index (χ3v) is 5.09. The molecule has 3 rings (SSSR count). The van der Waals surface area contributed by atoms with Gasteiger partial charge in [-0.15, -0.1) is 0 Å². The van der Waals surface area contributed by atoms with Gasteiger partial charge in [0.1, 0.15) is 6.33 Å². The van der Waals surface area contributed by atoms with Gasteiger partial charge >= 0.3 is 0 Å². The summed E-state index contributed by atoms with van der Waals surface area (Å²) in [5.41, 5.74) is 2.19. The van der Waals surface area contributed by atoms with Crippen molar-refractivity contribution in [3.63, 3.8) is 0 Å². The predicted octanol–water partition coefficient (Wildman–Crippen LogP) is 2.03. The molecule has 0 unspecified atom stereocenters. The van der Waals surface area contributed by atoms with E-state index in [1.165, 1.54) is 11.9 Å². The zero-order chi connectivity index (χ0) is 20.5. The number of aromatic amines is 1. The molecule has 0 amide bonds. The molecule has 0 saturated carbocycles. The van der Waals surface area contributed by atoms with Crippen molar-refractivity contribution in [2.24, 2.45) is 4.99 Å². The number of benzene rings is 1. The monoisotopic (exact) mass is 399 g/mol. The lowest BCUT2D eigenvalue weighted by Gasteiger charge is -2.33. The molecule has 1 saturated heterocycles. The van der Waals surface area contributed by atoms with E-state index < -0.39 is 0 Å². The normalized spacial score (nSPS) is 16.3. The van der Waals surface area contributed by atoms with Gasteiger partial charge in [-0.1, -0.05) is 18.2 Å². The molecule has 1 aromatic carbocycles. The molecular weight excluding hydrogens is 366 g/mol. The minimum absolute atomic E-state index is 0.306. The van der Waals surface area contributed by atoms with Crippen LogP contribution >= 0.6 is 0 Å². The lowest BCUT2D eigenvalue weighted by Crippen LogP contribution is -2.49. The Labute approximate surface area is 173 Å². The number of aromatic nitrogens is 3. The first-order valence-corrected chi connectivity index (χ1v) is 10.4. The van der Waals surface area contributed by atoms with E-state index >= 15 is 0 Å². The van der Waals surface area contributed by atoms with Gasteiger partial charge in [0.2, 0.25) is 0 Å². The summed E-state index contributed by atoms with van der Waals surface area (Å²) in [7, 11) is 1.82. The molecule has 0 aliphatic carbocycles. The first kappa shape index (κ1) is 21.3. The quantitative estimate of drug-likeness (QED) is 0.465. The number of H-pyrrole nitrogens is 1. The van der Waals surface area contributed by atoms with E-state index in [2.05, 4.69) is 61.7 Å². The summed E-state index contributed by atoms with van der Waals surface area (Å²) in [4.78, 5) is 11.1. The Bertz CT molecular complexity index is 752. The average molecular weight is 400 g/mol. The van der Waals surface area contributed by atoms with E-state index in [1.54, 1.807) is 0 Å². The van der Waals surface area contributed by atoms with Crippen LogP contribution in [0.2, 0.25) is 0 Å². The Kier molecular flexibility index (Phi) is 8.01. The zero-order valence-electron chi connectivity index (χ0n) is 17.7. The van der Waals surface area contributed by atoms with Crippen molar-refractivity contribution in [3.05, 3.63) is 36.2 Å². The van der Waals surface area contributed by atoms with Gasteiger partial charge in [-0.25, -0.2) is 4.98 Å². The molecule has 1 aliphatic rings. The van der Waals surface area contributed by atoms with Gasteiger partial charge < -0.3 is 20.3 Å². The number of rotatable bonds is 8. The first-order valence-electron chi connectivity index (χ1n) is 10.4. The number of ether oxygens (including phenoxy) is 1. The smallest absolute Gasteiger partial charge is 0.191 e. The summed E-state index contributed by atoms with van der Waals surface area (Å²) < 4.78 is 5.66. The summed E-state index contributed by atoms with van der Waals surface area (Å²) in [5, 5.41) is 13.8. The number of nitrogens with zero attached hydrogens (tertiary/aromatic N) is 4. The summed E-state index contributed by atoms with van der Waals surface area (Å²) in [6, 6.07) is 8.71. The van der Waals surface area contributed by atoms with Crippen molar-refractivity contribution < 1.29 is 4.74 Å². The molecule has 0 atom stereocenters. The maximum absolute atomic E-state index is 5.66. The second kappa shape index (κ2) is 10.9. The number of likely N-dealkylation sites (tertiary alicyclic amines) is 1. The van der Waals surface area contributed by atoms with Crippen LogP contribution in [0.3, 0.4) is 0 Å². The summed E-state index contributed by atoms with van der Waals surface area (Å²) in [5.74, 6) is 1.62. The highest BCUT2D eigenvalue weighted by Gasteiger charge is 2.19. The summed E-state index contributed by atoms with van der Waals surface area (Å²) >= 11 is 0. The van der Waals surface area contributed by atoms with Crippen molar-refractivity contribution in [2.75, 3.05) is 33.3 Å². The molecule has 3 N–H and O–H groups in total. The van der Waals surface area contributed by atoms with Crippen LogP contribution in [0.15, 0.2) is 35.6 Å². The number of nitrogens with one attached hydrogen (secondary N) is 3. The Balaban J connectivity index is 1.42. The molecule has 158 valence electrons. The lowest BCUT2D eigenvalue weighted by atomic mass is 10.1. The molecule has 2 aromatic rings. The minimum atomic E-state index is 0.306. The minimum Gasteiger partial charge on any atom is -0.377 e. The molecule has 0 radical (unpaired) electrons. The van der Waals surface area contributed by atoms with E-state index in [9.17, 15) is 0 Å². The lowest BCUT2D eigenvalue weighted by molar-refractivity contribution is 0.0532. The highest BCUT2D eigenvalue weighted by molar-refractivity contribution is 5.80. The van der Waals surface area contributed by atoms with Crippen LogP contribution in [0.5, 0.6) is 0 Å². The molecule has 2 heterocycles. The van der Waals surface area contributed by atoms with Gasteiger partial charge in [-0.3, -0.25) is 10.1 Å². The highest BCUT2D eigenvalue weighted by Crippen LogP contribution is 2.15. The second-order valence-electron chi connectivity index (χ2n) is 7.64. The third-order valence-electron chi connectivity index (χ3n) is 5.09. The number of guanidine groups is 1. The fourth-order valence-electron chi connectivity index (χ4n) is 3.47. The highest BCUT2D eigenvalue weighted by atomic mass is 16.5. The Hall–Kier alpha value is -2.45. The number of aliphatic imine (C=N–C) groups is 1. The van der Waals surface area contributed by atoms with Gasteiger partial charge in [0.05, 0.1) is 12.7 Å². The molecular formula is C21H33N7O. The Morgan fingerprint density at radius 1 is 1.34 bits per heavy atom. The summed E-state index contributed by atoms with van der Waals surface area (Å²) in [6.07, 6.45) is 4.06. The third kappa shape index (κ3) is 6.83. The van der Waals surface area contributed by atoms with Crippen LogP contribution in [0.25, 0.3) is 11.4 Å². The molecule has 0 bridgehead atoms. The molecule has 1 fully saturated rings. The number of hydrogen-bond donors (Lipinski definition) is 3. The topological polar surface area (TPSA) is 90.5 Å². The molecule has 1 aromatic heterocycles. The summed E-state index contributed by atoms with van der Waals surface area (Å²) in [6.45, 7) is 8.88. The van der Waals surface area contributed by atoms with Crippen molar-refractivity contribution in [1.29, 1.82) is 0 Å². The van der Waals surface area contributed by atoms with Crippen LogP contribution in [0, 0.1) is 0 Å². The molecule has 1 aliphatic heterocycles. The predicted molar refractivity (Wildman–Crippen MR) is 116 cm³/mol. The van der Waals surface area contributed by atoms with Crippen LogP contribution in [-0.4, -0.2) is 71.5 Å². The Morgan fingerprint density at radius 3 is 2.86 bits per heavy atom. The van der Waals surface area contributed by atoms with Gasteiger partial charge in [0, 0.05) is 44.8 Å². The van der Waals surface area contributed by atoms with Crippen LogP contribution in [-0.2, 0) is 11.3 Å². The molecule has 8 nitrogen and oxygen atoms in total. The zero-order valence-corrected chi connectivity index (χ0v) is 17.7. The second-order valence-corrected chi connectivity index (χ2v) is 7.64. The average Bonchev–Trinajstić information content (AvgIpc) is 3.27. The number of piperidine rings is 1.